The Morgan fingerprint density at radius 1 is 1.17 bits per heavy atom. The molecule has 0 unspecified atom stereocenters. The van der Waals surface area contributed by atoms with Crippen LogP contribution in [0.5, 0.6) is 0 Å². The highest BCUT2D eigenvalue weighted by Gasteiger charge is 2.71. The number of ether oxygens (including phenoxy) is 1. The fourth-order valence-corrected chi connectivity index (χ4v) is 9.56. The van der Waals surface area contributed by atoms with Gasteiger partial charge in [0.15, 0.2) is 0 Å². The standard InChI is InChI=1S/C30H44O5/c1-26(2,35-33)14-8-9-18-24-21(34-25(18)32)17-30(7)20-10-11-22-27(3,4)23(31)13-15-28(22,5)19(20)12-16-29(24,30)6/h8,10,14,18-19,21-22,24,33H,9,11-13,15-17H2,1-7H3/b14-8+/t18-,19+,21+,22+,24-,28-,29+,30-/m0/s1. The number of hydrogen-bond donors (Lipinski definition) is 1. The third-order valence-electron chi connectivity index (χ3n) is 11.8. The summed E-state index contributed by atoms with van der Waals surface area (Å²) in [6.45, 7) is 15.2. The summed E-state index contributed by atoms with van der Waals surface area (Å²) in [5.41, 5.74) is 0.699. The van der Waals surface area contributed by atoms with Crippen LogP contribution in [0.15, 0.2) is 23.8 Å². The fourth-order valence-electron chi connectivity index (χ4n) is 9.56. The van der Waals surface area contributed by atoms with Crippen LogP contribution in [-0.4, -0.2) is 28.7 Å². The van der Waals surface area contributed by atoms with E-state index >= 15 is 0 Å². The van der Waals surface area contributed by atoms with Crippen molar-refractivity contribution in [2.24, 2.45) is 45.3 Å². The van der Waals surface area contributed by atoms with Gasteiger partial charge in [-0.3, -0.25) is 14.8 Å². The Balaban J connectivity index is 1.47. The van der Waals surface area contributed by atoms with Gasteiger partial charge in [-0.2, -0.15) is 0 Å². The number of esters is 1. The molecule has 5 aliphatic rings. The van der Waals surface area contributed by atoms with Crippen molar-refractivity contribution in [2.75, 3.05) is 0 Å². The summed E-state index contributed by atoms with van der Waals surface area (Å²) in [6, 6.07) is 0. The third kappa shape index (κ3) is 3.32. The third-order valence-corrected chi connectivity index (χ3v) is 11.8. The highest BCUT2D eigenvalue weighted by atomic mass is 17.1. The Morgan fingerprint density at radius 3 is 2.57 bits per heavy atom. The van der Waals surface area contributed by atoms with E-state index in [2.05, 4.69) is 45.6 Å². The second-order valence-corrected chi connectivity index (χ2v) is 14.1. The molecule has 0 amide bonds. The molecule has 5 nitrogen and oxygen atoms in total. The number of ketones is 1. The van der Waals surface area contributed by atoms with Crippen molar-refractivity contribution in [3.05, 3.63) is 23.8 Å². The maximum Gasteiger partial charge on any atom is 0.309 e. The SMILES string of the molecule is CC(C)(/C=C/C[C@@H]1C(=O)O[C@@H]2C[C@@]3(C)C4=CC[C@@H]5C(C)(C)C(=O)CC[C@@]5(C)[C@@H]4CC[C@]3(C)[C@@H]12)OO. The Bertz CT molecular complexity index is 991. The quantitative estimate of drug-likeness (QED) is 0.213. The predicted octanol–water partition coefficient (Wildman–Crippen LogP) is 6.53. The molecule has 8 atom stereocenters. The van der Waals surface area contributed by atoms with Crippen LogP contribution in [-0.2, 0) is 19.2 Å². The Hall–Kier alpha value is -1.46. The summed E-state index contributed by atoms with van der Waals surface area (Å²) in [5.74, 6) is 1.29. The van der Waals surface area contributed by atoms with Crippen molar-refractivity contribution in [1.82, 2.24) is 0 Å². The zero-order valence-corrected chi connectivity index (χ0v) is 22.6. The van der Waals surface area contributed by atoms with Gasteiger partial charge < -0.3 is 4.74 Å². The number of allylic oxidation sites excluding steroid dienone is 3. The average molecular weight is 485 g/mol. The molecule has 1 heterocycles. The second-order valence-electron chi connectivity index (χ2n) is 14.1. The van der Waals surface area contributed by atoms with Crippen LogP contribution in [0.4, 0.5) is 0 Å². The smallest absolute Gasteiger partial charge is 0.309 e. The minimum atomic E-state index is -0.776. The zero-order valence-electron chi connectivity index (χ0n) is 22.6. The fraction of sp³-hybridized carbons (Fsp3) is 0.800. The van der Waals surface area contributed by atoms with E-state index in [4.69, 9.17) is 9.99 Å². The number of fused-ring (bicyclic) bond motifs is 7. The van der Waals surface area contributed by atoms with Crippen molar-refractivity contribution >= 4 is 11.8 Å². The molecule has 5 heteroatoms. The van der Waals surface area contributed by atoms with Gasteiger partial charge in [-0.25, -0.2) is 4.89 Å². The summed E-state index contributed by atoms with van der Waals surface area (Å²) < 4.78 is 6.06. The number of rotatable bonds is 4. The Kier molecular flexibility index (Phi) is 5.60. The number of Topliss-reactive ketones (excluding diaryl/α,β-unsaturated/α-hetero) is 1. The van der Waals surface area contributed by atoms with E-state index in [1.165, 1.54) is 0 Å². The first-order chi connectivity index (χ1) is 16.2. The van der Waals surface area contributed by atoms with Crippen LogP contribution in [0, 0.1) is 45.3 Å². The molecule has 0 radical (unpaired) electrons. The lowest BCUT2D eigenvalue weighted by Crippen LogP contribution is -2.57. The van der Waals surface area contributed by atoms with Crippen LogP contribution < -0.4 is 0 Å². The van der Waals surface area contributed by atoms with Crippen LogP contribution in [0.2, 0.25) is 0 Å². The lowest BCUT2D eigenvalue weighted by atomic mass is 9.41. The van der Waals surface area contributed by atoms with Crippen LogP contribution in [0.1, 0.15) is 93.4 Å². The summed E-state index contributed by atoms with van der Waals surface area (Å²) in [4.78, 5) is 30.4. The van der Waals surface area contributed by atoms with Crippen LogP contribution >= 0.6 is 0 Å². The molecule has 3 saturated carbocycles. The van der Waals surface area contributed by atoms with Gasteiger partial charge in [-0.05, 0) is 80.5 Å². The minimum absolute atomic E-state index is 0.000966. The molecule has 0 spiro atoms. The topological polar surface area (TPSA) is 72.8 Å². The first-order valence-corrected chi connectivity index (χ1v) is 13.7. The maximum atomic E-state index is 13.0. The van der Waals surface area contributed by atoms with E-state index < -0.39 is 5.60 Å². The summed E-state index contributed by atoms with van der Waals surface area (Å²) in [6.07, 6.45) is 12.7. The number of hydrogen-bond acceptors (Lipinski definition) is 5. The van der Waals surface area contributed by atoms with Crippen molar-refractivity contribution in [2.45, 2.75) is 105 Å². The molecule has 0 aromatic heterocycles. The highest BCUT2D eigenvalue weighted by molar-refractivity contribution is 5.85. The van der Waals surface area contributed by atoms with Gasteiger partial charge >= 0.3 is 5.97 Å². The molecule has 4 fully saturated rings. The van der Waals surface area contributed by atoms with E-state index in [-0.39, 0.29) is 45.6 Å². The summed E-state index contributed by atoms with van der Waals surface area (Å²) in [5, 5.41) is 9.11. The molecule has 1 N–H and O–H groups in total. The van der Waals surface area contributed by atoms with E-state index in [1.54, 1.807) is 19.4 Å². The van der Waals surface area contributed by atoms with E-state index in [0.717, 1.165) is 32.1 Å². The first-order valence-electron chi connectivity index (χ1n) is 13.7. The second kappa shape index (κ2) is 7.77. The Labute approximate surface area is 210 Å². The maximum absolute atomic E-state index is 13.0. The lowest BCUT2D eigenvalue weighted by Gasteiger charge is -2.63. The molecule has 1 saturated heterocycles. The van der Waals surface area contributed by atoms with Gasteiger partial charge in [-0.15, -0.1) is 0 Å². The molecule has 5 rings (SSSR count). The molecule has 0 bridgehead atoms. The van der Waals surface area contributed by atoms with Gasteiger partial charge in [0.2, 0.25) is 0 Å². The van der Waals surface area contributed by atoms with Gasteiger partial charge in [0, 0.05) is 17.8 Å². The van der Waals surface area contributed by atoms with Crippen LogP contribution in [0.25, 0.3) is 0 Å². The van der Waals surface area contributed by atoms with Gasteiger partial charge in [0.25, 0.3) is 0 Å². The zero-order chi connectivity index (χ0) is 25.6. The molecule has 0 aromatic carbocycles. The van der Waals surface area contributed by atoms with Crippen molar-refractivity contribution < 1.29 is 24.5 Å². The van der Waals surface area contributed by atoms with Crippen molar-refractivity contribution in [3.8, 4) is 0 Å². The largest absolute Gasteiger partial charge is 0.462 e. The van der Waals surface area contributed by atoms with E-state index in [9.17, 15) is 9.59 Å². The molecule has 194 valence electrons. The van der Waals surface area contributed by atoms with Gasteiger partial charge in [0.1, 0.15) is 17.5 Å². The van der Waals surface area contributed by atoms with E-state index in [1.807, 2.05) is 12.2 Å². The highest BCUT2D eigenvalue weighted by Crippen LogP contribution is 2.74. The molecular weight excluding hydrogens is 440 g/mol. The lowest BCUT2D eigenvalue weighted by molar-refractivity contribution is -0.297. The average Bonchev–Trinajstić information content (AvgIpc) is 3.20. The molecule has 1 aliphatic heterocycles. The number of carbonyl (C=O) groups is 2. The minimum Gasteiger partial charge on any atom is -0.462 e. The van der Waals surface area contributed by atoms with Crippen molar-refractivity contribution in [1.29, 1.82) is 0 Å². The normalized spacial score (nSPS) is 46.5. The molecule has 35 heavy (non-hydrogen) atoms. The first kappa shape index (κ1) is 25.2. The Morgan fingerprint density at radius 2 is 1.89 bits per heavy atom. The predicted molar refractivity (Wildman–Crippen MR) is 134 cm³/mol. The van der Waals surface area contributed by atoms with Gasteiger partial charge in [-0.1, -0.05) is 58.4 Å². The van der Waals surface area contributed by atoms with E-state index in [0.29, 0.717) is 30.5 Å². The molecule has 4 aliphatic carbocycles. The van der Waals surface area contributed by atoms with Crippen LogP contribution in [0.3, 0.4) is 0 Å². The van der Waals surface area contributed by atoms with Gasteiger partial charge in [0.05, 0.1) is 5.92 Å². The number of carbonyl (C=O) groups excluding carboxylic acids is 2. The monoisotopic (exact) mass is 484 g/mol. The summed E-state index contributed by atoms with van der Waals surface area (Å²) >= 11 is 0. The van der Waals surface area contributed by atoms with Crippen molar-refractivity contribution in [3.63, 3.8) is 0 Å². The molecular formula is C30H44O5. The summed E-state index contributed by atoms with van der Waals surface area (Å²) in [7, 11) is 0. The molecule has 0 aromatic rings.